The van der Waals surface area contributed by atoms with Gasteiger partial charge in [0.05, 0.1) is 17.6 Å². The monoisotopic (exact) mass is 396 g/mol. The summed E-state index contributed by atoms with van der Waals surface area (Å²) in [5, 5.41) is 7.27. The number of benzene rings is 1. The summed E-state index contributed by atoms with van der Waals surface area (Å²) in [4.78, 5) is 11.8. The quantitative estimate of drug-likeness (QED) is 0.833. The van der Waals surface area contributed by atoms with E-state index in [4.69, 9.17) is 11.6 Å². The molecule has 1 saturated heterocycles. The molecule has 0 radical (unpaired) electrons. The van der Waals surface area contributed by atoms with E-state index in [0.717, 1.165) is 5.56 Å². The summed E-state index contributed by atoms with van der Waals surface area (Å²) >= 11 is 6.07. The highest BCUT2D eigenvalue weighted by Crippen LogP contribution is 2.22. The lowest BCUT2D eigenvalue weighted by Crippen LogP contribution is -2.43. The van der Waals surface area contributed by atoms with Crippen LogP contribution in [0.4, 0.5) is 5.69 Å². The Balaban J connectivity index is 1.61. The first-order valence-electron chi connectivity index (χ1n) is 8.37. The second kappa shape index (κ2) is 7.77. The number of hydrogen-bond acceptors (Lipinski definition) is 5. The van der Waals surface area contributed by atoms with Gasteiger partial charge in [-0.3, -0.25) is 4.79 Å². The van der Waals surface area contributed by atoms with Gasteiger partial charge in [0.2, 0.25) is 10.0 Å². The molecule has 0 bridgehead atoms. The topological polar surface area (TPSA) is 84.3 Å². The van der Waals surface area contributed by atoms with Crippen molar-refractivity contribution in [1.82, 2.24) is 14.1 Å². The highest BCUT2D eigenvalue weighted by atomic mass is 35.5. The fourth-order valence-corrected chi connectivity index (χ4v) is 4.77. The number of aryl methyl sites for hydroxylation is 1. The van der Waals surface area contributed by atoms with Crippen molar-refractivity contribution in [2.75, 3.05) is 18.4 Å². The molecule has 1 aliphatic rings. The van der Waals surface area contributed by atoms with Crippen molar-refractivity contribution in [3.05, 3.63) is 57.5 Å². The second-order valence-corrected chi connectivity index (χ2v) is 8.71. The van der Waals surface area contributed by atoms with Gasteiger partial charge in [0.15, 0.2) is 0 Å². The number of hydrogen-bond donors (Lipinski definition) is 1. The molecular formula is C17H21ClN4O3S. The van der Waals surface area contributed by atoms with E-state index in [0.29, 0.717) is 31.6 Å². The molecule has 1 aliphatic heterocycles. The van der Waals surface area contributed by atoms with Gasteiger partial charge in [-0.1, -0.05) is 41.9 Å². The largest absolute Gasteiger partial charge is 0.380 e. The average molecular weight is 397 g/mol. The molecule has 2 aromatic rings. The molecule has 0 aliphatic carbocycles. The number of aromatic nitrogens is 2. The van der Waals surface area contributed by atoms with Gasteiger partial charge < -0.3 is 5.32 Å². The maximum atomic E-state index is 12.6. The zero-order valence-corrected chi connectivity index (χ0v) is 16.0. The van der Waals surface area contributed by atoms with E-state index in [-0.39, 0.29) is 22.4 Å². The summed E-state index contributed by atoms with van der Waals surface area (Å²) in [5.41, 5.74) is 0.908. The van der Waals surface area contributed by atoms with Gasteiger partial charge in [0, 0.05) is 26.2 Å². The number of sulfonamides is 1. The van der Waals surface area contributed by atoms with E-state index >= 15 is 0 Å². The first kappa shape index (κ1) is 18.9. The highest BCUT2D eigenvalue weighted by molar-refractivity contribution is 7.88. The van der Waals surface area contributed by atoms with Crippen molar-refractivity contribution in [1.29, 1.82) is 0 Å². The number of nitrogens with one attached hydrogen (secondary N) is 1. The van der Waals surface area contributed by atoms with Crippen LogP contribution in [0.5, 0.6) is 0 Å². The summed E-state index contributed by atoms with van der Waals surface area (Å²) < 4.78 is 27.9. The molecular weight excluding hydrogens is 376 g/mol. The Morgan fingerprint density at radius 3 is 2.54 bits per heavy atom. The molecule has 1 fully saturated rings. The number of piperidine rings is 1. The Bertz CT molecular complexity index is 923. The first-order chi connectivity index (χ1) is 12.4. The van der Waals surface area contributed by atoms with Crippen LogP contribution < -0.4 is 10.9 Å². The molecule has 26 heavy (non-hydrogen) atoms. The SMILES string of the molecule is Cn1ncc(NC2CCN(S(=O)(=O)Cc3ccccc3)CC2)c(Cl)c1=O. The Labute approximate surface area is 157 Å². The normalized spacial score (nSPS) is 16.5. The van der Waals surface area contributed by atoms with Crippen LogP contribution in [-0.2, 0) is 22.8 Å². The summed E-state index contributed by atoms with van der Waals surface area (Å²) in [5.74, 6) is 0.0103. The first-order valence-corrected chi connectivity index (χ1v) is 10.4. The zero-order valence-electron chi connectivity index (χ0n) is 14.4. The second-order valence-electron chi connectivity index (χ2n) is 6.36. The summed E-state index contributed by atoms with van der Waals surface area (Å²) in [7, 11) is -1.80. The van der Waals surface area contributed by atoms with Crippen molar-refractivity contribution in [2.24, 2.45) is 7.05 Å². The summed E-state index contributed by atoms with van der Waals surface area (Å²) in [6.45, 7) is 0.867. The molecule has 9 heteroatoms. The van der Waals surface area contributed by atoms with Crippen molar-refractivity contribution in [3.8, 4) is 0 Å². The molecule has 3 rings (SSSR count). The Morgan fingerprint density at radius 1 is 1.23 bits per heavy atom. The van der Waals surface area contributed by atoms with Gasteiger partial charge in [-0.15, -0.1) is 0 Å². The third kappa shape index (κ3) is 4.25. The fourth-order valence-electron chi connectivity index (χ4n) is 2.99. The van der Waals surface area contributed by atoms with Crippen LogP contribution in [0.3, 0.4) is 0 Å². The molecule has 0 unspecified atom stereocenters. The predicted octanol–water partition coefficient (Wildman–Crippen LogP) is 1.84. The van der Waals surface area contributed by atoms with Gasteiger partial charge in [-0.25, -0.2) is 17.4 Å². The van der Waals surface area contributed by atoms with Gasteiger partial charge in [-0.2, -0.15) is 5.10 Å². The maximum Gasteiger partial charge on any atom is 0.287 e. The molecule has 1 N–H and O–H groups in total. The lowest BCUT2D eigenvalue weighted by atomic mass is 10.1. The standard InChI is InChI=1S/C17H21ClN4O3S/c1-21-17(23)16(18)15(11-19-21)20-14-7-9-22(10-8-14)26(24,25)12-13-5-3-2-4-6-13/h2-6,11,14,20H,7-10,12H2,1H3. The Hall–Kier alpha value is -1.90. The van der Waals surface area contributed by atoms with E-state index in [1.165, 1.54) is 22.2 Å². The van der Waals surface area contributed by atoms with Crippen LogP contribution in [0.2, 0.25) is 5.02 Å². The summed E-state index contributed by atoms with van der Waals surface area (Å²) in [6.07, 6.45) is 2.79. The molecule has 0 atom stereocenters. The smallest absolute Gasteiger partial charge is 0.287 e. The minimum Gasteiger partial charge on any atom is -0.380 e. The van der Waals surface area contributed by atoms with Crippen molar-refractivity contribution < 1.29 is 8.42 Å². The highest BCUT2D eigenvalue weighted by Gasteiger charge is 2.28. The third-order valence-corrected chi connectivity index (χ3v) is 6.69. The Morgan fingerprint density at radius 2 is 1.88 bits per heavy atom. The number of halogens is 1. The lowest BCUT2D eigenvalue weighted by Gasteiger charge is -2.32. The maximum absolute atomic E-state index is 12.6. The molecule has 2 heterocycles. The van der Waals surface area contributed by atoms with E-state index in [2.05, 4.69) is 10.4 Å². The van der Waals surface area contributed by atoms with Crippen LogP contribution in [-0.4, -0.2) is 41.6 Å². The van der Waals surface area contributed by atoms with Gasteiger partial charge in [0.1, 0.15) is 5.02 Å². The predicted molar refractivity (Wildman–Crippen MR) is 102 cm³/mol. The lowest BCUT2D eigenvalue weighted by molar-refractivity contribution is 0.329. The number of anilines is 1. The van der Waals surface area contributed by atoms with Crippen molar-refractivity contribution in [3.63, 3.8) is 0 Å². The van der Waals surface area contributed by atoms with Crippen LogP contribution in [0.1, 0.15) is 18.4 Å². The minimum absolute atomic E-state index is 0.0103. The molecule has 1 aromatic carbocycles. The van der Waals surface area contributed by atoms with Crippen LogP contribution in [0.15, 0.2) is 41.3 Å². The van der Waals surface area contributed by atoms with Gasteiger partial charge >= 0.3 is 0 Å². The third-order valence-electron chi connectivity index (χ3n) is 4.48. The summed E-state index contributed by atoms with van der Waals surface area (Å²) in [6, 6.07) is 9.22. The van der Waals surface area contributed by atoms with Crippen LogP contribution in [0.25, 0.3) is 0 Å². The van der Waals surface area contributed by atoms with E-state index in [1.807, 2.05) is 30.3 Å². The van der Waals surface area contributed by atoms with Gasteiger partial charge in [-0.05, 0) is 18.4 Å². The molecule has 0 amide bonds. The molecule has 140 valence electrons. The van der Waals surface area contributed by atoms with E-state index in [1.54, 1.807) is 0 Å². The minimum atomic E-state index is -3.34. The van der Waals surface area contributed by atoms with Crippen molar-refractivity contribution >= 4 is 27.3 Å². The molecule has 1 aromatic heterocycles. The number of nitrogens with zero attached hydrogens (tertiary/aromatic N) is 3. The molecule has 0 saturated carbocycles. The van der Waals surface area contributed by atoms with E-state index in [9.17, 15) is 13.2 Å². The van der Waals surface area contributed by atoms with E-state index < -0.39 is 10.0 Å². The molecule has 0 spiro atoms. The van der Waals surface area contributed by atoms with Gasteiger partial charge in [0.25, 0.3) is 5.56 Å². The van der Waals surface area contributed by atoms with Crippen LogP contribution in [0, 0.1) is 0 Å². The average Bonchev–Trinajstić information content (AvgIpc) is 2.63. The van der Waals surface area contributed by atoms with Crippen molar-refractivity contribution in [2.45, 2.75) is 24.6 Å². The Kier molecular flexibility index (Phi) is 5.64. The van der Waals surface area contributed by atoms with Crippen LogP contribution >= 0.6 is 11.6 Å². The fraction of sp³-hybridized carbons (Fsp3) is 0.412. The number of rotatable bonds is 5. The zero-order chi connectivity index (χ0) is 18.7. The molecule has 7 nitrogen and oxygen atoms in total.